The van der Waals surface area contributed by atoms with Crippen molar-refractivity contribution in [2.75, 3.05) is 13.1 Å². The van der Waals surface area contributed by atoms with E-state index in [1.54, 1.807) is 10.6 Å². The summed E-state index contributed by atoms with van der Waals surface area (Å²) in [6.45, 7) is 2.22. The number of primary amides is 1. The van der Waals surface area contributed by atoms with Crippen molar-refractivity contribution in [3.63, 3.8) is 0 Å². The van der Waals surface area contributed by atoms with Crippen molar-refractivity contribution in [2.45, 2.75) is 56.0 Å². The molecule has 8 heteroatoms. The minimum atomic E-state index is -0.297. The highest BCUT2D eigenvalue weighted by Crippen LogP contribution is 2.23. The molecule has 0 bridgehead atoms. The Hall–Kier alpha value is -3.13. The normalized spacial score (nSPS) is 13.5. The van der Waals surface area contributed by atoms with Gasteiger partial charge in [0.15, 0.2) is 5.16 Å². The fourth-order valence-electron chi connectivity index (χ4n) is 4.20. The van der Waals surface area contributed by atoms with Gasteiger partial charge in [-0.1, -0.05) is 42.4 Å². The lowest BCUT2D eigenvalue weighted by Crippen LogP contribution is -2.27. The molecule has 1 saturated heterocycles. The van der Waals surface area contributed by atoms with Gasteiger partial charge in [0.25, 0.3) is 11.5 Å². The summed E-state index contributed by atoms with van der Waals surface area (Å²) >= 11 is 1.52. The number of hydrogen-bond donors (Lipinski definition) is 1. The number of hydrogen-bond acceptors (Lipinski definition) is 5. The summed E-state index contributed by atoms with van der Waals surface area (Å²) in [4.78, 5) is 43.4. The second kappa shape index (κ2) is 11.3. The zero-order valence-electron chi connectivity index (χ0n) is 19.2. The molecule has 0 saturated carbocycles. The fraction of sp³-hybridized carbons (Fsp3) is 0.385. The van der Waals surface area contributed by atoms with Crippen LogP contribution >= 0.6 is 11.8 Å². The monoisotopic (exact) mass is 478 g/mol. The molecule has 2 aromatic carbocycles. The second-order valence-corrected chi connectivity index (χ2v) is 9.57. The standard InChI is InChI=1S/C26H30N4O3S/c27-23(31)10-2-1-5-17-30-25(33)21-8-3-4-9-22(21)28-26(30)34-18-19-11-13-20(14-12-19)24(32)29-15-6-7-16-29/h3-4,8-9,11-14H,1-2,5-7,10,15-18H2,(H2,27,31). The van der Waals surface area contributed by atoms with Crippen molar-refractivity contribution in [2.24, 2.45) is 5.73 Å². The summed E-state index contributed by atoms with van der Waals surface area (Å²) in [5.41, 5.74) is 7.64. The van der Waals surface area contributed by atoms with E-state index in [0.717, 1.165) is 50.8 Å². The lowest BCUT2D eigenvalue weighted by atomic mass is 10.1. The fourth-order valence-corrected chi connectivity index (χ4v) is 5.18. The van der Waals surface area contributed by atoms with Gasteiger partial charge in [0.1, 0.15) is 0 Å². The molecule has 2 N–H and O–H groups in total. The summed E-state index contributed by atoms with van der Waals surface area (Å²) in [6, 6.07) is 15.1. The van der Waals surface area contributed by atoms with Crippen LogP contribution in [0.2, 0.25) is 0 Å². The largest absolute Gasteiger partial charge is 0.370 e. The highest BCUT2D eigenvalue weighted by molar-refractivity contribution is 7.98. The molecule has 0 unspecified atom stereocenters. The third-order valence-electron chi connectivity index (χ3n) is 6.09. The van der Waals surface area contributed by atoms with Crippen molar-refractivity contribution in [3.05, 3.63) is 70.0 Å². The van der Waals surface area contributed by atoms with Crippen LogP contribution in [-0.2, 0) is 17.1 Å². The molecule has 1 aliphatic rings. The van der Waals surface area contributed by atoms with Crippen LogP contribution in [0.3, 0.4) is 0 Å². The molecule has 34 heavy (non-hydrogen) atoms. The van der Waals surface area contributed by atoms with Crippen molar-refractivity contribution in [1.29, 1.82) is 0 Å². The number of para-hydroxylation sites is 1. The predicted octanol–water partition coefficient (Wildman–Crippen LogP) is 3.97. The van der Waals surface area contributed by atoms with Gasteiger partial charge in [0.05, 0.1) is 10.9 Å². The quantitative estimate of drug-likeness (QED) is 0.270. The Morgan fingerprint density at radius 2 is 1.71 bits per heavy atom. The van der Waals surface area contributed by atoms with Gasteiger partial charge in [-0.15, -0.1) is 0 Å². The van der Waals surface area contributed by atoms with Gasteiger partial charge in [0, 0.05) is 37.4 Å². The van der Waals surface area contributed by atoms with Gasteiger partial charge in [-0.05, 0) is 55.5 Å². The first-order chi connectivity index (χ1) is 16.5. The third kappa shape index (κ3) is 5.86. The molecule has 0 atom stereocenters. The molecule has 4 rings (SSSR count). The smallest absolute Gasteiger partial charge is 0.262 e. The van der Waals surface area contributed by atoms with E-state index in [1.807, 2.05) is 47.4 Å². The summed E-state index contributed by atoms with van der Waals surface area (Å²) < 4.78 is 1.74. The number of nitrogens with two attached hydrogens (primary N) is 1. The first-order valence-corrected chi connectivity index (χ1v) is 12.8. The van der Waals surface area contributed by atoms with E-state index in [-0.39, 0.29) is 17.4 Å². The number of amides is 2. The van der Waals surface area contributed by atoms with Gasteiger partial charge in [-0.25, -0.2) is 4.98 Å². The Bertz CT molecular complexity index is 1220. The van der Waals surface area contributed by atoms with Gasteiger partial charge in [-0.3, -0.25) is 19.0 Å². The minimum Gasteiger partial charge on any atom is -0.370 e. The number of nitrogens with zero attached hydrogens (tertiary/aromatic N) is 3. The Balaban J connectivity index is 1.47. The maximum atomic E-state index is 13.2. The molecule has 2 amide bonds. The summed E-state index contributed by atoms with van der Waals surface area (Å²) in [7, 11) is 0. The van der Waals surface area contributed by atoms with E-state index in [9.17, 15) is 14.4 Å². The first kappa shape index (κ1) is 24.0. The average Bonchev–Trinajstić information content (AvgIpc) is 3.39. The number of rotatable bonds is 10. The van der Waals surface area contributed by atoms with E-state index in [4.69, 9.17) is 10.7 Å². The zero-order chi connectivity index (χ0) is 23.9. The number of thioether (sulfide) groups is 1. The minimum absolute atomic E-state index is 0.0467. The molecular formula is C26H30N4O3S. The predicted molar refractivity (Wildman–Crippen MR) is 135 cm³/mol. The number of unbranched alkanes of at least 4 members (excludes halogenated alkanes) is 2. The number of carbonyl (C=O) groups is 2. The maximum Gasteiger partial charge on any atom is 0.262 e. The van der Waals surface area contributed by atoms with E-state index in [0.29, 0.717) is 40.3 Å². The van der Waals surface area contributed by atoms with E-state index < -0.39 is 0 Å². The average molecular weight is 479 g/mol. The molecule has 2 heterocycles. The number of likely N-dealkylation sites (tertiary alicyclic amines) is 1. The van der Waals surface area contributed by atoms with E-state index >= 15 is 0 Å². The second-order valence-electron chi connectivity index (χ2n) is 8.63. The Morgan fingerprint density at radius 3 is 2.44 bits per heavy atom. The lowest BCUT2D eigenvalue weighted by Gasteiger charge is -2.15. The SMILES string of the molecule is NC(=O)CCCCCn1c(SCc2ccc(C(=O)N3CCCC3)cc2)nc2ccccc2c1=O. The van der Waals surface area contributed by atoms with Crippen LogP contribution in [0.25, 0.3) is 10.9 Å². The van der Waals surface area contributed by atoms with Gasteiger partial charge in [-0.2, -0.15) is 0 Å². The van der Waals surface area contributed by atoms with Gasteiger partial charge >= 0.3 is 0 Å². The number of aromatic nitrogens is 2. The van der Waals surface area contributed by atoms with Crippen molar-refractivity contribution in [1.82, 2.24) is 14.5 Å². The Morgan fingerprint density at radius 1 is 0.971 bits per heavy atom. The number of fused-ring (bicyclic) bond motifs is 1. The lowest BCUT2D eigenvalue weighted by molar-refractivity contribution is -0.118. The van der Waals surface area contributed by atoms with E-state index in [2.05, 4.69) is 0 Å². The number of carbonyl (C=O) groups excluding carboxylic acids is 2. The van der Waals surface area contributed by atoms with Crippen molar-refractivity contribution < 1.29 is 9.59 Å². The number of benzene rings is 2. The molecule has 1 fully saturated rings. The summed E-state index contributed by atoms with van der Waals surface area (Å²) in [6.07, 6.45) is 4.82. The van der Waals surface area contributed by atoms with Crippen molar-refractivity contribution >= 4 is 34.5 Å². The molecule has 0 spiro atoms. The topological polar surface area (TPSA) is 98.3 Å². The first-order valence-electron chi connectivity index (χ1n) is 11.8. The molecule has 1 aliphatic heterocycles. The van der Waals surface area contributed by atoms with Gasteiger partial charge in [0.2, 0.25) is 5.91 Å². The van der Waals surface area contributed by atoms with E-state index in [1.165, 1.54) is 11.8 Å². The zero-order valence-corrected chi connectivity index (χ0v) is 20.1. The van der Waals surface area contributed by atoms with Crippen LogP contribution in [0.15, 0.2) is 58.5 Å². The van der Waals surface area contributed by atoms with Crippen LogP contribution in [0.5, 0.6) is 0 Å². The molecule has 7 nitrogen and oxygen atoms in total. The van der Waals surface area contributed by atoms with Crippen LogP contribution in [0, 0.1) is 0 Å². The van der Waals surface area contributed by atoms with Gasteiger partial charge < -0.3 is 10.6 Å². The Kier molecular flexibility index (Phi) is 8.00. The van der Waals surface area contributed by atoms with Crippen LogP contribution in [0.4, 0.5) is 0 Å². The molecule has 178 valence electrons. The van der Waals surface area contributed by atoms with Crippen molar-refractivity contribution in [3.8, 4) is 0 Å². The van der Waals surface area contributed by atoms with Crippen LogP contribution < -0.4 is 11.3 Å². The summed E-state index contributed by atoms with van der Waals surface area (Å²) in [5.74, 6) is 0.442. The Labute approximate surface area is 203 Å². The molecule has 0 aliphatic carbocycles. The third-order valence-corrected chi connectivity index (χ3v) is 7.14. The highest BCUT2D eigenvalue weighted by Gasteiger charge is 2.19. The molecular weight excluding hydrogens is 448 g/mol. The maximum absolute atomic E-state index is 13.2. The molecule has 3 aromatic rings. The van der Waals surface area contributed by atoms with Crippen LogP contribution in [0.1, 0.15) is 54.4 Å². The highest BCUT2D eigenvalue weighted by atomic mass is 32.2. The summed E-state index contributed by atoms with van der Waals surface area (Å²) in [5, 5.41) is 1.28. The molecule has 0 radical (unpaired) electrons. The van der Waals surface area contributed by atoms with Crippen LogP contribution in [-0.4, -0.2) is 39.4 Å². The molecule has 1 aromatic heterocycles.